The molecule has 0 spiro atoms. The molecule has 5 aromatic rings. The molecule has 1 aliphatic rings. The average molecular weight is 498 g/mol. The van der Waals surface area contributed by atoms with Gasteiger partial charge in [-0.25, -0.2) is 9.97 Å². The molecule has 7 nitrogen and oxygen atoms in total. The Bertz CT molecular complexity index is 1590. The van der Waals surface area contributed by atoms with Gasteiger partial charge in [0, 0.05) is 29.2 Å². The number of fused-ring (bicyclic) bond motifs is 3. The lowest BCUT2D eigenvalue weighted by atomic mass is 9.82. The van der Waals surface area contributed by atoms with E-state index in [9.17, 15) is 10.4 Å². The second-order valence-corrected chi connectivity index (χ2v) is 9.71. The number of nitriles is 1. The van der Waals surface area contributed by atoms with Gasteiger partial charge in [-0.15, -0.1) is 0 Å². The number of benzene rings is 2. The van der Waals surface area contributed by atoms with Crippen molar-refractivity contribution in [2.45, 2.75) is 37.7 Å². The number of nitrogens with one attached hydrogen (secondary N) is 2. The minimum Gasteiger partial charge on any atom is -0.457 e. The molecular formula is C28H24ClN5O2. The van der Waals surface area contributed by atoms with Crippen LogP contribution in [0.4, 0.5) is 0 Å². The van der Waals surface area contributed by atoms with Crippen molar-refractivity contribution in [3.63, 3.8) is 0 Å². The van der Waals surface area contributed by atoms with Gasteiger partial charge in [0.25, 0.3) is 0 Å². The van der Waals surface area contributed by atoms with Gasteiger partial charge >= 0.3 is 0 Å². The van der Waals surface area contributed by atoms with Crippen molar-refractivity contribution in [3.8, 4) is 17.6 Å². The monoisotopic (exact) mass is 497 g/mol. The first-order valence-electron chi connectivity index (χ1n) is 12.1. The number of aromatic amines is 2. The fourth-order valence-corrected chi connectivity index (χ4v) is 5.42. The van der Waals surface area contributed by atoms with Crippen molar-refractivity contribution in [3.05, 3.63) is 82.9 Å². The molecule has 3 heterocycles. The average Bonchev–Trinajstić information content (AvgIpc) is 3.53. The first-order valence-corrected chi connectivity index (χ1v) is 12.4. The number of ether oxygens (including phenoxy) is 1. The number of hydrogen-bond acceptors (Lipinski definition) is 5. The van der Waals surface area contributed by atoms with E-state index in [2.05, 4.69) is 21.0 Å². The van der Waals surface area contributed by atoms with Crippen molar-refractivity contribution in [1.82, 2.24) is 19.9 Å². The van der Waals surface area contributed by atoms with Gasteiger partial charge in [0.05, 0.1) is 28.2 Å². The number of pyridine rings is 1. The van der Waals surface area contributed by atoms with Crippen molar-refractivity contribution in [1.29, 1.82) is 5.26 Å². The fourth-order valence-electron chi connectivity index (χ4n) is 5.15. The van der Waals surface area contributed by atoms with Crippen LogP contribution in [0.15, 0.2) is 60.9 Å². The summed E-state index contributed by atoms with van der Waals surface area (Å²) in [6.45, 7) is 0. The Kier molecular flexibility index (Phi) is 5.84. The Hall–Kier alpha value is -3.86. The predicted octanol–water partition coefficient (Wildman–Crippen LogP) is 6.76. The summed E-state index contributed by atoms with van der Waals surface area (Å²) < 4.78 is 5.87. The quantitative estimate of drug-likeness (QED) is 0.248. The number of H-pyrrole nitrogens is 2. The number of nitrogens with zero attached hydrogens (tertiary/aromatic N) is 3. The van der Waals surface area contributed by atoms with Gasteiger partial charge in [0.2, 0.25) is 0 Å². The van der Waals surface area contributed by atoms with Crippen molar-refractivity contribution >= 4 is 33.7 Å². The third kappa shape index (κ3) is 4.09. The van der Waals surface area contributed by atoms with Crippen LogP contribution in [0, 0.1) is 17.2 Å². The summed E-state index contributed by atoms with van der Waals surface area (Å²) in [7, 11) is 0. The predicted molar refractivity (Wildman–Crippen MR) is 138 cm³/mol. The highest BCUT2D eigenvalue weighted by Gasteiger charge is 2.27. The molecule has 0 aliphatic heterocycles. The first-order chi connectivity index (χ1) is 17.6. The summed E-state index contributed by atoms with van der Waals surface area (Å²) in [5.74, 6) is 2.45. The number of para-hydroxylation sites is 1. The van der Waals surface area contributed by atoms with E-state index in [0.717, 1.165) is 47.9 Å². The standard InChI is InChI=1S/C28H24ClN5O2/c29-22-12-19(36-18-7-2-1-3-8-18)9-10-20(22)26(35)21-14-31-28-24(21)25-23(15-32-28)33-27(34-25)17-6-4-5-16(11-17)13-30/h1-3,7-10,12,14-17,26,35H,4-6,11H2,(H,31,32)(H,33,34). The number of halogens is 1. The van der Waals surface area contributed by atoms with E-state index in [1.165, 1.54) is 0 Å². The van der Waals surface area contributed by atoms with Gasteiger partial charge in [-0.3, -0.25) is 0 Å². The van der Waals surface area contributed by atoms with Crippen LogP contribution in [0.25, 0.3) is 22.1 Å². The topological polar surface area (TPSA) is 111 Å². The number of aliphatic hydroxyl groups excluding tert-OH is 1. The van der Waals surface area contributed by atoms with E-state index >= 15 is 0 Å². The van der Waals surface area contributed by atoms with Crippen LogP contribution in [-0.4, -0.2) is 25.0 Å². The van der Waals surface area contributed by atoms with Crippen LogP contribution in [0.2, 0.25) is 5.02 Å². The zero-order valence-corrected chi connectivity index (χ0v) is 20.2. The van der Waals surface area contributed by atoms with Crippen molar-refractivity contribution in [2.24, 2.45) is 5.92 Å². The van der Waals surface area contributed by atoms with Gasteiger partial charge in [-0.05, 0) is 43.5 Å². The number of hydrogen-bond donors (Lipinski definition) is 3. The summed E-state index contributed by atoms with van der Waals surface area (Å²) in [6, 6.07) is 17.1. The lowest BCUT2D eigenvalue weighted by molar-refractivity contribution is 0.222. The largest absolute Gasteiger partial charge is 0.457 e. The molecule has 3 aromatic heterocycles. The second kappa shape index (κ2) is 9.30. The Morgan fingerprint density at radius 1 is 1.11 bits per heavy atom. The Balaban J connectivity index is 1.35. The smallest absolute Gasteiger partial charge is 0.139 e. The SMILES string of the molecule is N#CC1CCCC(c2nc3c(cnc4[nH]cc(C(O)c5ccc(Oc6ccccc6)cc5Cl)c43)[nH]2)C1. The molecule has 0 saturated heterocycles. The zero-order chi connectivity index (χ0) is 24.6. The lowest BCUT2D eigenvalue weighted by Crippen LogP contribution is -2.13. The molecule has 1 saturated carbocycles. The van der Waals surface area contributed by atoms with Crippen LogP contribution in [-0.2, 0) is 0 Å². The molecule has 2 aromatic carbocycles. The summed E-state index contributed by atoms with van der Waals surface area (Å²) in [4.78, 5) is 16.1. The second-order valence-electron chi connectivity index (χ2n) is 9.30. The normalized spacial score (nSPS) is 18.8. The van der Waals surface area contributed by atoms with Gasteiger partial charge in [-0.1, -0.05) is 42.3 Å². The summed E-state index contributed by atoms with van der Waals surface area (Å²) in [5, 5.41) is 21.9. The molecule has 36 heavy (non-hydrogen) atoms. The molecular weight excluding hydrogens is 474 g/mol. The third-order valence-electron chi connectivity index (χ3n) is 6.98. The van der Waals surface area contributed by atoms with E-state index in [0.29, 0.717) is 33.3 Å². The van der Waals surface area contributed by atoms with Crippen molar-refractivity contribution in [2.75, 3.05) is 0 Å². The molecule has 3 unspecified atom stereocenters. The molecule has 3 atom stereocenters. The number of aliphatic hydroxyl groups is 1. The highest BCUT2D eigenvalue weighted by atomic mass is 35.5. The number of imidazole rings is 1. The van der Waals surface area contributed by atoms with Crippen LogP contribution in [0.3, 0.4) is 0 Å². The number of rotatable bonds is 5. The minimum atomic E-state index is -0.984. The van der Waals surface area contributed by atoms with Gasteiger partial charge in [0.15, 0.2) is 0 Å². The van der Waals surface area contributed by atoms with E-state index < -0.39 is 6.10 Å². The van der Waals surface area contributed by atoms with Crippen LogP contribution < -0.4 is 4.74 Å². The number of aromatic nitrogens is 4. The maximum absolute atomic E-state index is 11.4. The van der Waals surface area contributed by atoms with Gasteiger partial charge < -0.3 is 19.8 Å². The third-order valence-corrected chi connectivity index (χ3v) is 7.31. The molecule has 0 radical (unpaired) electrons. The molecule has 180 valence electrons. The first kappa shape index (κ1) is 22.6. The molecule has 8 heteroatoms. The lowest BCUT2D eigenvalue weighted by Gasteiger charge is -2.23. The summed E-state index contributed by atoms with van der Waals surface area (Å²) in [5.41, 5.74) is 3.42. The highest BCUT2D eigenvalue weighted by molar-refractivity contribution is 6.31. The van der Waals surface area contributed by atoms with Crippen LogP contribution in [0.1, 0.15) is 54.7 Å². The zero-order valence-electron chi connectivity index (χ0n) is 19.4. The molecule has 1 aliphatic carbocycles. The van der Waals surface area contributed by atoms with E-state index in [-0.39, 0.29) is 11.8 Å². The Morgan fingerprint density at radius 2 is 1.97 bits per heavy atom. The van der Waals surface area contributed by atoms with Crippen molar-refractivity contribution < 1.29 is 9.84 Å². The van der Waals surface area contributed by atoms with E-state index in [1.54, 1.807) is 30.6 Å². The molecule has 3 N–H and O–H groups in total. The maximum Gasteiger partial charge on any atom is 0.139 e. The Morgan fingerprint density at radius 3 is 2.78 bits per heavy atom. The van der Waals surface area contributed by atoms with Crippen LogP contribution in [0.5, 0.6) is 11.5 Å². The highest BCUT2D eigenvalue weighted by Crippen LogP contribution is 2.39. The molecule has 0 amide bonds. The maximum atomic E-state index is 11.4. The summed E-state index contributed by atoms with van der Waals surface area (Å²) >= 11 is 6.60. The summed E-state index contributed by atoms with van der Waals surface area (Å²) in [6.07, 6.45) is 6.31. The molecule has 1 fully saturated rings. The molecule has 6 rings (SSSR count). The van der Waals surface area contributed by atoms with E-state index in [4.69, 9.17) is 21.3 Å². The molecule has 0 bridgehead atoms. The van der Waals surface area contributed by atoms with Gasteiger partial charge in [0.1, 0.15) is 34.6 Å². The van der Waals surface area contributed by atoms with E-state index in [1.807, 2.05) is 30.3 Å². The van der Waals surface area contributed by atoms with Gasteiger partial charge in [-0.2, -0.15) is 5.26 Å². The fraction of sp³-hybridized carbons (Fsp3) is 0.250. The minimum absolute atomic E-state index is 0.0655. The Labute approximate surface area is 212 Å². The van der Waals surface area contributed by atoms with Crippen LogP contribution >= 0.6 is 11.6 Å².